The van der Waals surface area contributed by atoms with E-state index in [1.807, 2.05) is 0 Å². The number of fused-ring (bicyclic) bond motifs is 3. The molecule has 0 radical (unpaired) electrons. The first kappa shape index (κ1) is 36.3. The molecule has 0 aliphatic heterocycles. The maximum atomic E-state index is 2.45. The van der Waals surface area contributed by atoms with E-state index in [1.165, 1.54) is 131 Å². The fourth-order valence-electron chi connectivity index (χ4n) is 10.6. The molecule has 64 heavy (non-hydrogen) atoms. The number of rotatable bonds is 6. The highest BCUT2D eigenvalue weighted by atomic mass is 14.2. The second kappa shape index (κ2) is 14.7. The Hall–Kier alpha value is -8.32. The molecule has 0 spiro atoms. The topological polar surface area (TPSA) is 0 Å². The molecule has 13 aromatic rings. The van der Waals surface area contributed by atoms with Crippen LogP contribution in [0.5, 0.6) is 0 Å². The Balaban J connectivity index is 1.08. The van der Waals surface area contributed by atoms with Crippen molar-refractivity contribution in [1.29, 1.82) is 0 Å². The lowest BCUT2D eigenvalue weighted by Crippen LogP contribution is -1.93. The largest absolute Gasteiger partial charge is 0.0622 e. The fraction of sp³-hybridized carbons (Fsp3) is 0. The van der Waals surface area contributed by atoms with Crippen LogP contribution >= 0.6 is 0 Å². The lowest BCUT2D eigenvalue weighted by molar-refractivity contribution is 1.58. The van der Waals surface area contributed by atoms with Crippen LogP contribution in [0.1, 0.15) is 0 Å². The zero-order valence-electron chi connectivity index (χ0n) is 35.1. The molecule has 0 aliphatic rings. The van der Waals surface area contributed by atoms with E-state index < -0.39 is 0 Å². The highest BCUT2D eigenvalue weighted by Crippen LogP contribution is 2.47. The molecule has 0 saturated heterocycles. The molecule has 0 nitrogen and oxygen atoms in total. The van der Waals surface area contributed by atoms with Crippen molar-refractivity contribution in [3.05, 3.63) is 243 Å². The van der Waals surface area contributed by atoms with Crippen molar-refractivity contribution < 1.29 is 0 Å². The Labute approximate surface area is 372 Å². The van der Waals surface area contributed by atoms with Gasteiger partial charge in [0.15, 0.2) is 0 Å². The Kier molecular flexibility index (Phi) is 8.32. The summed E-state index contributed by atoms with van der Waals surface area (Å²) in [5.41, 5.74) is 14.7. The molecule has 0 unspecified atom stereocenters. The lowest BCUT2D eigenvalue weighted by atomic mass is 9.83. The van der Waals surface area contributed by atoms with Crippen molar-refractivity contribution >= 4 is 64.6 Å². The van der Waals surface area contributed by atoms with Crippen molar-refractivity contribution in [3.63, 3.8) is 0 Å². The maximum Gasteiger partial charge on any atom is -0.00206 e. The van der Waals surface area contributed by atoms with Gasteiger partial charge < -0.3 is 0 Å². The van der Waals surface area contributed by atoms with Crippen molar-refractivity contribution in [3.8, 4) is 66.8 Å². The molecule has 0 fully saturated rings. The summed E-state index contributed by atoms with van der Waals surface area (Å²) in [4.78, 5) is 0. The highest BCUT2D eigenvalue weighted by molar-refractivity contribution is 6.26. The van der Waals surface area contributed by atoms with Gasteiger partial charge in [-0.2, -0.15) is 0 Å². The summed E-state index contributed by atoms with van der Waals surface area (Å²) in [5.74, 6) is 0. The van der Waals surface area contributed by atoms with Crippen LogP contribution in [0.25, 0.3) is 131 Å². The van der Waals surface area contributed by atoms with Crippen molar-refractivity contribution in [2.24, 2.45) is 0 Å². The monoisotopic (exact) mass is 808 g/mol. The van der Waals surface area contributed by atoms with Gasteiger partial charge in [0, 0.05) is 0 Å². The molecule has 13 rings (SSSR count). The Morgan fingerprint density at radius 2 is 0.609 bits per heavy atom. The van der Waals surface area contributed by atoms with Crippen LogP contribution in [0.2, 0.25) is 0 Å². The first-order valence-electron chi connectivity index (χ1n) is 22.2. The number of hydrogen-bond donors (Lipinski definition) is 0. The minimum atomic E-state index is 1.19. The van der Waals surface area contributed by atoms with Gasteiger partial charge in [0.1, 0.15) is 0 Å². The third-order valence-electron chi connectivity index (χ3n) is 13.6. The van der Waals surface area contributed by atoms with Crippen LogP contribution in [0.3, 0.4) is 0 Å². The number of benzene rings is 13. The third kappa shape index (κ3) is 5.84. The molecule has 0 heteroatoms. The van der Waals surface area contributed by atoms with Crippen molar-refractivity contribution in [1.82, 2.24) is 0 Å². The summed E-state index contributed by atoms with van der Waals surface area (Å²) in [6, 6.07) is 90.1. The molecule has 0 bridgehead atoms. The van der Waals surface area contributed by atoms with E-state index in [4.69, 9.17) is 0 Å². The van der Waals surface area contributed by atoms with Crippen LogP contribution in [-0.4, -0.2) is 0 Å². The SMILES string of the molecule is c1ccc(-c2ccc3cc(-c4ccccc4-c4cc(-c5c6ccccc6c(-c6ccccc6)c6ccccc56)cc(-c5ccc6ccc7cccc8ccc5c6c78)c4)ccc3c2)cc1. The van der Waals surface area contributed by atoms with E-state index in [9.17, 15) is 0 Å². The van der Waals surface area contributed by atoms with Crippen molar-refractivity contribution in [2.75, 3.05) is 0 Å². The highest BCUT2D eigenvalue weighted by Gasteiger charge is 2.20. The molecule has 0 saturated carbocycles. The van der Waals surface area contributed by atoms with Gasteiger partial charge in [-0.05, 0) is 162 Å². The maximum absolute atomic E-state index is 2.45. The third-order valence-corrected chi connectivity index (χ3v) is 13.6. The Bertz CT molecular complexity index is 3860. The van der Waals surface area contributed by atoms with Gasteiger partial charge in [0.05, 0.1) is 0 Å². The van der Waals surface area contributed by atoms with Crippen LogP contribution in [0, 0.1) is 0 Å². The lowest BCUT2D eigenvalue weighted by Gasteiger charge is -2.20. The molecular weight excluding hydrogens is 769 g/mol. The van der Waals surface area contributed by atoms with E-state index >= 15 is 0 Å². The van der Waals surface area contributed by atoms with Gasteiger partial charge in [0.2, 0.25) is 0 Å². The predicted octanol–water partition coefficient (Wildman–Crippen LogP) is 18.0. The first-order valence-corrected chi connectivity index (χ1v) is 22.2. The fourth-order valence-corrected chi connectivity index (χ4v) is 10.6. The smallest absolute Gasteiger partial charge is 0.00206 e. The minimum absolute atomic E-state index is 1.19. The van der Waals surface area contributed by atoms with Crippen LogP contribution in [0.4, 0.5) is 0 Å². The summed E-state index contributed by atoms with van der Waals surface area (Å²) < 4.78 is 0. The molecule has 13 aromatic carbocycles. The van der Waals surface area contributed by atoms with Crippen LogP contribution < -0.4 is 0 Å². The Morgan fingerprint density at radius 1 is 0.172 bits per heavy atom. The van der Waals surface area contributed by atoms with E-state index in [0.29, 0.717) is 0 Å². The molecule has 0 N–H and O–H groups in total. The zero-order chi connectivity index (χ0) is 42.1. The zero-order valence-corrected chi connectivity index (χ0v) is 35.1. The summed E-state index contributed by atoms with van der Waals surface area (Å²) in [5, 5.41) is 15.2. The molecule has 0 atom stereocenters. The van der Waals surface area contributed by atoms with Gasteiger partial charge in [0.25, 0.3) is 0 Å². The molecule has 296 valence electrons. The van der Waals surface area contributed by atoms with E-state index in [0.717, 1.165) is 0 Å². The van der Waals surface area contributed by atoms with E-state index in [1.54, 1.807) is 0 Å². The summed E-state index contributed by atoms with van der Waals surface area (Å²) in [7, 11) is 0. The van der Waals surface area contributed by atoms with Crippen molar-refractivity contribution in [2.45, 2.75) is 0 Å². The van der Waals surface area contributed by atoms with Crippen LogP contribution in [-0.2, 0) is 0 Å². The molecule has 0 heterocycles. The second-order valence-electron chi connectivity index (χ2n) is 17.2. The van der Waals surface area contributed by atoms with Crippen LogP contribution in [0.15, 0.2) is 243 Å². The van der Waals surface area contributed by atoms with Gasteiger partial charge in [-0.25, -0.2) is 0 Å². The predicted molar refractivity (Wildman–Crippen MR) is 275 cm³/mol. The minimum Gasteiger partial charge on any atom is -0.0622 e. The molecule has 0 aromatic heterocycles. The van der Waals surface area contributed by atoms with Gasteiger partial charge in [-0.15, -0.1) is 0 Å². The summed E-state index contributed by atoms with van der Waals surface area (Å²) in [6.45, 7) is 0. The average molecular weight is 809 g/mol. The van der Waals surface area contributed by atoms with Gasteiger partial charge >= 0.3 is 0 Å². The quantitative estimate of drug-likeness (QED) is 0.116. The standard InChI is InChI=1S/C64H40/c1-3-14-41(15-4-1)46-28-29-48-37-49(31-30-47(48)36-46)53-20-7-8-21-54(53)50-38-51(55-34-32-45-27-26-43-18-13-19-44-33-35-60(55)64(45)61(43)44)40-52(39-50)63-58-24-11-9-22-56(58)62(42-16-5-2-6-17-42)57-23-10-12-25-59(57)63/h1-40H. The van der Waals surface area contributed by atoms with Gasteiger partial charge in [-0.1, -0.05) is 212 Å². The molecular formula is C64H40. The number of hydrogen-bond acceptors (Lipinski definition) is 0. The summed E-state index contributed by atoms with van der Waals surface area (Å²) >= 11 is 0. The summed E-state index contributed by atoms with van der Waals surface area (Å²) in [6.07, 6.45) is 0. The normalized spacial score (nSPS) is 11.8. The second-order valence-corrected chi connectivity index (χ2v) is 17.2. The van der Waals surface area contributed by atoms with Gasteiger partial charge in [-0.3, -0.25) is 0 Å². The van der Waals surface area contributed by atoms with E-state index in [-0.39, 0.29) is 0 Å². The average Bonchev–Trinajstić information content (AvgIpc) is 3.37. The molecule has 0 amide bonds. The molecule has 0 aliphatic carbocycles. The first-order chi connectivity index (χ1) is 31.7. The van der Waals surface area contributed by atoms with E-state index in [2.05, 4.69) is 243 Å². The Morgan fingerprint density at radius 3 is 1.25 bits per heavy atom.